The Morgan fingerprint density at radius 1 is 0.889 bits per heavy atom. The largest absolute Gasteiger partial charge is 0.294 e. The van der Waals surface area contributed by atoms with E-state index in [-0.39, 0.29) is 17.5 Å². The van der Waals surface area contributed by atoms with Crippen LogP contribution < -0.4 is 0 Å². The Morgan fingerprint density at radius 3 is 2.33 bits per heavy atom. The molecule has 27 heavy (non-hydrogen) atoms. The molecule has 0 aliphatic heterocycles. The Bertz CT molecular complexity index is 1080. The molecule has 0 amide bonds. The van der Waals surface area contributed by atoms with Crippen molar-refractivity contribution in [2.75, 3.05) is 0 Å². The van der Waals surface area contributed by atoms with Gasteiger partial charge in [0.1, 0.15) is 5.82 Å². The Labute approximate surface area is 157 Å². The molecule has 3 aromatic carbocycles. The summed E-state index contributed by atoms with van der Waals surface area (Å²) in [5.74, 6) is -0.391. The molecule has 0 N–H and O–H groups in total. The molecule has 0 saturated carbocycles. The molecule has 1 aliphatic rings. The average molecular weight is 353 g/mol. The van der Waals surface area contributed by atoms with Crippen LogP contribution in [0.3, 0.4) is 0 Å². The van der Waals surface area contributed by atoms with E-state index in [9.17, 15) is 14.4 Å². The third kappa shape index (κ3) is 3.18. The van der Waals surface area contributed by atoms with Crippen LogP contribution in [0.2, 0.25) is 0 Å². The number of carbonyl (C=O) groups excluding carboxylic acids is 1. The summed E-state index contributed by atoms with van der Waals surface area (Å²) >= 11 is 0. The Morgan fingerprint density at radius 2 is 1.63 bits per heavy atom. The number of hydrogen-bond donors (Lipinski definition) is 0. The van der Waals surface area contributed by atoms with E-state index in [1.165, 1.54) is 12.1 Å². The van der Waals surface area contributed by atoms with Crippen LogP contribution in [0.5, 0.6) is 0 Å². The fourth-order valence-electron chi connectivity index (χ4n) is 3.72. The number of rotatable bonds is 3. The van der Waals surface area contributed by atoms with Crippen LogP contribution in [0.15, 0.2) is 78.9 Å². The maximum absolute atomic E-state index is 13.4. The van der Waals surface area contributed by atoms with E-state index in [0.717, 1.165) is 16.7 Å². The highest BCUT2D eigenvalue weighted by atomic mass is 19.1. The topological polar surface area (TPSA) is 40.9 Å². The fraction of sp³-hybridized carbons (Fsp3) is 0.0833. The van der Waals surface area contributed by atoms with Gasteiger partial charge in [-0.15, -0.1) is 0 Å². The predicted octanol–water partition coefficient (Wildman–Crippen LogP) is 5.36. The zero-order chi connectivity index (χ0) is 18.8. The van der Waals surface area contributed by atoms with Crippen molar-refractivity contribution >= 4 is 16.9 Å². The molecule has 0 heterocycles. The van der Waals surface area contributed by atoms with Gasteiger partial charge in [-0.25, -0.2) is 4.39 Å². The zero-order valence-electron chi connectivity index (χ0n) is 14.5. The van der Waals surface area contributed by atoms with Gasteiger partial charge in [0.15, 0.2) is 5.78 Å². The first-order valence-corrected chi connectivity index (χ1v) is 8.76. The minimum Gasteiger partial charge on any atom is -0.294 e. The van der Waals surface area contributed by atoms with Gasteiger partial charge in [0, 0.05) is 17.9 Å². The van der Waals surface area contributed by atoms with Crippen molar-refractivity contribution in [3.05, 3.63) is 107 Å². The fourth-order valence-corrected chi connectivity index (χ4v) is 3.72. The summed E-state index contributed by atoms with van der Waals surface area (Å²) < 4.78 is 13.4. The Hall–Kier alpha value is -3.51. The first-order valence-electron chi connectivity index (χ1n) is 8.76. The van der Waals surface area contributed by atoms with E-state index in [1.807, 2.05) is 48.5 Å². The highest BCUT2D eigenvalue weighted by Crippen LogP contribution is 2.47. The zero-order valence-corrected chi connectivity index (χ0v) is 14.5. The number of allylic oxidation sites excluding steroid dienone is 2. The molecule has 0 saturated heterocycles. The van der Waals surface area contributed by atoms with Crippen LogP contribution in [0.1, 0.15) is 34.6 Å². The van der Waals surface area contributed by atoms with Crippen LogP contribution in [0.4, 0.5) is 4.39 Å². The molecule has 1 atom stereocenters. The van der Waals surface area contributed by atoms with Crippen LogP contribution in [-0.4, -0.2) is 5.78 Å². The van der Waals surface area contributed by atoms with Gasteiger partial charge in [0.25, 0.3) is 0 Å². The summed E-state index contributed by atoms with van der Waals surface area (Å²) in [4.78, 5) is 13.0. The van der Waals surface area contributed by atoms with Gasteiger partial charge in [-0.3, -0.25) is 4.79 Å². The van der Waals surface area contributed by atoms with Gasteiger partial charge in [0.2, 0.25) is 0 Å². The van der Waals surface area contributed by atoms with Crippen LogP contribution in [-0.2, 0) is 4.79 Å². The second kappa shape index (κ2) is 7.01. The van der Waals surface area contributed by atoms with Gasteiger partial charge in [0.05, 0.1) is 11.6 Å². The van der Waals surface area contributed by atoms with Gasteiger partial charge in [-0.1, -0.05) is 54.6 Å². The number of hydrogen-bond acceptors (Lipinski definition) is 2. The third-order valence-corrected chi connectivity index (χ3v) is 4.92. The summed E-state index contributed by atoms with van der Waals surface area (Å²) in [6, 6.07) is 25.4. The van der Waals surface area contributed by atoms with Gasteiger partial charge >= 0.3 is 0 Å². The normalized spacial score (nSPS) is 16.4. The van der Waals surface area contributed by atoms with Crippen molar-refractivity contribution in [3.8, 4) is 6.07 Å². The third-order valence-electron chi connectivity index (χ3n) is 4.92. The SMILES string of the molecule is N#Cc1cccc(C2=C(c3ccc(F)cc3)C(=O)CC2c2ccccc2)c1. The monoisotopic (exact) mass is 353 g/mol. The van der Waals surface area contributed by atoms with E-state index >= 15 is 0 Å². The molecular formula is C24H16FNO. The number of benzene rings is 3. The smallest absolute Gasteiger partial charge is 0.164 e. The summed E-state index contributed by atoms with van der Waals surface area (Å²) in [6.07, 6.45) is 0.364. The number of carbonyl (C=O) groups is 1. The molecule has 0 radical (unpaired) electrons. The summed E-state index contributed by atoms with van der Waals surface area (Å²) in [5, 5.41) is 9.28. The Kier molecular flexibility index (Phi) is 4.40. The lowest BCUT2D eigenvalue weighted by Gasteiger charge is -2.16. The van der Waals surface area contributed by atoms with Crippen molar-refractivity contribution in [3.63, 3.8) is 0 Å². The second-order valence-electron chi connectivity index (χ2n) is 6.58. The molecule has 0 bridgehead atoms. The molecule has 0 fully saturated rings. The van der Waals surface area contributed by atoms with Crippen LogP contribution in [0.25, 0.3) is 11.1 Å². The maximum Gasteiger partial charge on any atom is 0.164 e. The maximum atomic E-state index is 13.4. The van der Waals surface area contributed by atoms with Crippen molar-refractivity contribution in [2.24, 2.45) is 0 Å². The van der Waals surface area contributed by atoms with Crippen LogP contribution in [0, 0.1) is 17.1 Å². The summed E-state index contributed by atoms with van der Waals surface area (Å²) in [5.41, 5.74) is 4.67. The quantitative estimate of drug-likeness (QED) is 0.635. The van der Waals surface area contributed by atoms with Crippen molar-refractivity contribution in [1.29, 1.82) is 5.26 Å². The van der Waals surface area contributed by atoms with Crippen LogP contribution >= 0.6 is 0 Å². The first-order chi connectivity index (χ1) is 13.2. The van der Waals surface area contributed by atoms with Gasteiger partial charge in [-0.2, -0.15) is 5.26 Å². The molecule has 3 aromatic rings. The van der Waals surface area contributed by atoms with Crippen molar-refractivity contribution in [2.45, 2.75) is 12.3 Å². The molecule has 3 heteroatoms. The van der Waals surface area contributed by atoms with Crippen molar-refractivity contribution in [1.82, 2.24) is 0 Å². The molecule has 1 unspecified atom stereocenters. The Balaban J connectivity index is 1.96. The standard InChI is InChI=1S/C24H16FNO/c25-20-11-9-18(10-12-20)24-22(27)14-21(17-6-2-1-3-7-17)23(24)19-8-4-5-16(13-19)15-26/h1-13,21H,14H2. The first kappa shape index (κ1) is 16.9. The molecule has 0 spiro atoms. The van der Waals surface area contributed by atoms with E-state index in [4.69, 9.17) is 0 Å². The van der Waals surface area contributed by atoms with E-state index in [0.29, 0.717) is 23.1 Å². The lowest BCUT2D eigenvalue weighted by molar-refractivity contribution is -0.113. The number of nitrogens with zero attached hydrogens (tertiary/aromatic N) is 1. The number of halogens is 1. The number of Topliss-reactive ketones (excluding diaryl/α,β-unsaturated/α-hetero) is 1. The van der Waals surface area contributed by atoms with E-state index in [2.05, 4.69) is 6.07 Å². The summed E-state index contributed by atoms with van der Waals surface area (Å²) in [7, 11) is 0. The minimum atomic E-state index is -0.336. The molecule has 130 valence electrons. The molecule has 2 nitrogen and oxygen atoms in total. The molecule has 1 aliphatic carbocycles. The van der Waals surface area contributed by atoms with E-state index < -0.39 is 0 Å². The molecular weight excluding hydrogens is 337 g/mol. The molecule has 4 rings (SSSR count). The van der Waals surface area contributed by atoms with E-state index in [1.54, 1.807) is 18.2 Å². The van der Waals surface area contributed by atoms with Crippen molar-refractivity contribution < 1.29 is 9.18 Å². The minimum absolute atomic E-state index is 0.0350. The lowest BCUT2D eigenvalue weighted by atomic mass is 9.86. The number of nitriles is 1. The lowest BCUT2D eigenvalue weighted by Crippen LogP contribution is -1.99. The highest BCUT2D eigenvalue weighted by Gasteiger charge is 2.34. The van der Waals surface area contributed by atoms with Gasteiger partial charge < -0.3 is 0 Å². The summed E-state index contributed by atoms with van der Waals surface area (Å²) in [6.45, 7) is 0. The predicted molar refractivity (Wildman–Crippen MR) is 103 cm³/mol. The second-order valence-corrected chi connectivity index (χ2v) is 6.58. The number of ketones is 1. The highest BCUT2D eigenvalue weighted by molar-refractivity contribution is 6.32. The average Bonchev–Trinajstić information content (AvgIpc) is 3.06. The molecule has 0 aromatic heterocycles. The van der Waals surface area contributed by atoms with Gasteiger partial charge in [-0.05, 0) is 46.5 Å².